The van der Waals surface area contributed by atoms with Gasteiger partial charge in [0.2, 0.25) is 0 Å². The molecule has 0 amide bonds. The molecule has 0 bridgehead atoms. The third-order valence-electron chi connectivity index (χ3n) is 2.40. The number of anilines is 1. The summed E-state index contributed by atoms with van der Waals surface area (Å²) in [7, 11) is 0. The molecular weight excluding hydrogens is 226 g/mol. The molecule has 0 fully saturated rings. The lowest BCUT2D eigenvalue weighted by atomic mass is 10.2. The first-order valence-corrected chi connectivity index (χ1v) is 5.12. The van der Waals surface area contributed by atoms with Crippen LogP contribution in [0, 0.1) is 10.1 Å². The number of nitro benzene ring substituents is 1. The first kappa shape index (κ1) is 11.2. The second-order valence-electron chi connectivity index (χ2n) is 3.67. The van der Waals surface area contributed by atoms with E-state index in [9.17, 15) is 14.9 Å². The largest absolute Gasteiger partial charge is 0.395 e. The van der Waals surface area contributed by atoms with Gasteiger partial charge in [0, 0.05) is 12.1 Å². The first-order valence-electron chi connectivity index (χ1n) is 5.12. The van der Waals surface area contributed by atoms with Gasteiger partial charge in [0.1, 0.15) is 0 Å². The molecule has 0 unspecified atom stereocenters. The minimum Gasteiger partial charge on any atom is -0.395 e. The maximum absolute atomic E-state index is 11.8. The fourth-order valence-corrected chi connectivity index (χ4v) is 1.64. The molecule has 7 heteroatoms. The van der Waals surface area contributed by atoms with E-state index in [0.717, 1.165) is 11.2 Å². The summed E-state index contributed by atoms with van der Waals surface area (Å²) >= 11 is 0. The average Bonchev–Trinajstić information content (AvgIpc) is 2.58. The molecule has 0 aliphatic rings. The molecule has 1 aromatic carbocycles. The predicted octanol–water partition coefficient (Wildman–Crippen LogP) is 1.49. The van der Waals surface area contributed by atoms with E-state index >= 15 is 0 Å². The number of benzene rings is 1. The number of fused-ring (bicyclic) bond motifs is 1. The van der Waals surface area contributed by atoms with Crippen LogP contribution < -0.4 is 11.3 Å². The van der Waals surface area contributed by atoms with Gasteiger partial charge >= 0.3 is 0 Å². The van der Waals surface area contributed by atoms with Crippen molar-refractivity contribution in [3.63, 3.8) is 0 Å². The minimum absolute atomic E-state index is 0.0983. The predicted molar refractivity (Wildman–Crippen MR) is 61.8 cm³/mol. The van der Waals surface area contributed by atoms with Gasteiger partial charge in [0.15, 0.2) is 5.58 Å². The van der Waals surface area contributed by atoms with Crippen molar-refractivity contribution in [2.45, 2.75) is 19.9 Å². The molecule has 0 radical (unpaired) electrons. The topological polar surface area (TPSA) is 104 Å². The smallest absolute Gasteiger partial charge is 0.290 e. The number of nitro groups is 1. The lowest BCUT2D eigenvalue weighted by Crippen LogP contribution is -2.13. The lowest BCUT2D eigenvalue weighted by molar-refractivity contribution is -0.384. The van der Waals surface area contributed by atoms with Crippen LogP contribution in [0.5, 0.6) is 0 Å². The average molecular weight is 237 g/mol. The number of aromatic nitrogens is 1. The highest BCUT2D eigenvalue weighted by Crippen LogP contribution is 2.25. The maximum Gasteiger partial charge on any atom is 0.290 e. The van der Waals surface area contributed by atoms with Gasteiger partial charge < -0.3 is 10.3 Å². The Bertz CT molecular complexity index is 641. The standard InChI is InChI=1S/C10H11N3O4/c1-2-3-12-10(14)7-4-6(13(15)16)5-8(11)9(7)17-12/h4-5H,2-3,11H2,1H3. The zero-order valence-electron chi connectivity index (χ0n) is 9.17. The molecule has 0 aliphatic carbocycles. The van der Waals surface area contributed by atoms with Crippen LogP contribution in [0.4, 0.5) is 11.4 Å². The Morgan fingerprint density at radius 3 is 2.82 bits per heavy atom. The van der Waals surface area contributed by atoms with Gasteiger partial charge in [-0.15, -0.1) is 0 Å². The van der Waals surface area contributed by atoms with Gasteiger partial charge in [-0.3, -0.25) is 14.9 Å². The molecule has 7 nitrogen and oxygen atoms in total. The summed E-state index contributed by atoms with van der Waals surface area (Å²) in [5.74, 6) is 0. The molecule has 0 aliphatic heterocycles. The Morgan fingerprint density at radius 2 is 2.24 bits per heavy atom. The highest BCUT2D eigenvalue weighted by Gasteiger charge is 2.17. The summed E-state index contributed by atoms with van der Waals surface area (Å²) in [6, 6.07) is 2.37. The highest BCUT2D eigenvalue weighted by atomic mass is 16.6. The van der Waals surface area contributed by atoms with Gasteiger partial charge in [-0.05, 0) is 6.42 Å². The highest BCUT2D eigenvalue weighted by molar-refractivity contribution is 5.89. The number of nitrogens with zero attached hydrogens (tertiary/aromatic N) is 2. The molecule has 1 aromatic heterocycles. The van der Waals surface area contributed by atoms with E-state index < -0.39 is 10.5 Å². The molecule has 2 N–H and O–H groups in total. The van der Waals surface area contributed by atoms with Gasteiger partial charge in [-0.1, -0.05) is 6.92 Å². The maximum atomic E-state index is 11.8. The summed E-state index contributed by atoms with van der Waals surface area (Å²) in [5.41, 5.74) is 5.32. The molecule has 17 heavy (non-hydrogen) atoms. The van der Waals surface area contributed by atoms with Crippen LogP contribution in [0.3, 0.4) is 0 Å². The van der Waals surface area contributed by atoms with Crippen molar-refractivity contribution in [2.24, 2.45) is 0 Å². The van der Waals surface area contributed by atoms with Crippen molar-refractivity contribution in [1.82, 2.24) is 4.74 Å². The number of aryl methyl sites for hydroxylation is 1. The third kappa shape index (κ3) is 1.75. The Morgan fingerprint density at radius 1 is 1.53 bits per heavy atom. The number of nitrogens with two attached hydrogens (primary N) is 1. The summed E-state index contributed by atoms with van der Waals surface area (Å²) < 4.78 is 6.42. The number of rotatable bonds is 3. The molecule has 0 saturated carbocycles. The van der Waals surface area contributed by atoms with E-state index in [2.05, 4.69) is 0 Å². The summed E-state index contributed by atoms with van der Waals surface area (Å²) in [4.78, 5) is 21.9. The molecule has 0 atom stereocenters. The summed E-state index contributed by atoms with van der Waals surface area (Å²) in [5, 5.41) is 10.8. The number of hydrogen-bond donors (Lipinski definition) is 1. The van der Waals surface area contributed by atoms with Crippen LogP contribution in [0.1, 0.15) is 13.3 Å². The number of nitrogen functional groups attached to an aromatic ring is 1. The van der Waals surface area contributed by atoms with E-state index in [1.54, 1.807) is 0 Å². The van der Waals surface area contributed by atoms with Crippen LogP contribution >= 0.6 is 0 Å². The van der Waals surface area contributed by atoms with Crippen molar-refractivity contribution in [1.29, 1.82) is 0 Å². The Kier molecular flexibility index (Phi) is 2.58. The minimum atomic E-state index is -0.591. The van der Waals surface area contributed by atoms with Crippen molar-refractivity contribution in [3.05, 3.63) is 32.6 Å². The molecular formula is C10H11N3O4. The van der Waals surface area contributed by atoms with Gasteiger partial charge in [0.25, 0.3) is 11.2 Å². The molecule has 90 valence electrons. The van der Waals surface area contributed by atoms with Gasteiger partial charge in [-0.2, -0.15) is 4.74 Å². The second kappa shape index (κ2) is 3.93. The monoisotopic (exact) mass is 237 g/mol. The van der Waals surface area contributed by atoms with Crippen LogP contribution in [0.15, 0.2) is 21.5 Å². The quantitative estimate of drug-likeness (QED) is 0.494. The van der Waals surface area contributed by atoms with E-state index in [1.165, 1.54) is 12.1 Å². The van der Waals surface area contributed by atoms with E-state index in [0.29, 0.717) is 6.54 Å². The molecule has 0 saturated heterocycles. The molecule has 2 aromatic rings. The van der Waals surface area contributed by atoms with E-state index in [1.807, 2.05) is 6.92 Å². The van der Waals surface area contributed by atoms with Crippen LogP contribution in [0.25, 0.3) is 11.0 Å². The molecule has 1 heterocycles. The summed E-state index contributed by atoms with van der Waals surface area (Å²) in [6.07, 6.45) is 0.724. The molecule has 2 rings (SSSR count). The summed E-state index contributed by atoms with van der Waals surface area (Å²) in [6.45, 7) is 2.31. The van der Waals surface area contributed by atoms with Crippen LogP contribution in [-0.4, -0.2) is 9.66 Å². The van der Waals surface area contributed by atoms with Crippen molar-refractivity contribution < 1.29 is 9.45 Å². The number of non-ortho nitro benzene ring substituents is 1. The third-order valence-corrected chi connectivity index (χ3v) is 2.40. The fourth-order valence-electron chi connectivity index (χ4n) is 1.64. The first-order chi connectivity index (χ1) is 8.04. The second-order valence-corrected chi connectivity index (χ2v) is 3.67. The van der Waals surface area contributed by atoms with Crippen molar-refractivity contribution in [2.75, 3.05) is 5.73 Å². The SMILES string of the molecule is CCCn1oc2c(N)cc([N+](=O)[O-])cc2c1=O. The van der Waals surface area contributed by atoms with Crippen molar-refractivity contribution >= 4 is 22.3 Å². The van der Waals surface area contributed by atoms with Crippen LogP contribution in [0.2, 0.25) is 0 Å². The Hall–Kier alpha value is -2.31. The van der Waals surface area contributed by atoms with E-state index in [-0.39, 0.29) is 22.3 Å². The normalized spacial score (nSPS) is 10.9. The lowest BCUT2D eigenvalue weighted by Gasteiger charge is -1.95. The van der Waals surface area contributed by atoms with Gasteiger partial charge in [-0.25, -0.2) is 0 Å². The Balaban J connectivity index is 2.75. The Labute approximate surface area is 95.5 Å². The van der Waals surface area contributed by atoms with E-state index in [4.69, 9.17) is 10.3 Å². The van der Waals surface area contributed by atoms with Crippen LogP contribution in [-0.2, 0) is 6.54 Å². The fraction of sp³-hybridized carbons (Fsp3) is 0.300. The molecule has 0 spiro atoms. The number of hydrogen-bond acceptors (Lipinski definition) is 5. The zero-order valence-corrected chi connectivity index (χ0v) is 9.17. The zero-order chi connectivity index (χ0) is 12.6. The van der Waals surface area contributed by atoms with Gasteiger partial charge in [0.05, 0.1) is 22.5 Å². The van der Waals surface area contributed by atoms with Crippen molar-refractivity contribution in [3.8, 4) is 0 Å².